The molecule has 0 aliphatic heterocycles. The lowest BCUT2D eigenvalue weighted by molar-refractivity contribution is -0.140. The summed E-state index contributed by atoms with van der Waals surface area (Å²) in [6, 6.07) is 7.64. The summed E-state index contributed by atoms with van der Waals surface area (Å²) < 4.78 is 5.15. The number of benzene rings is 1. The highest BCUT2D eigenvalue weighted by Crippen LogP contribution is 2.38. The second-order valence-electron chi connectivity index (χ2n) is 5.25. The summed E-state index contributed by atoms with van der Waals surface area (Å²) in [5.74, 6) is -1.12. The highest BCUT2D eigenvalue weighted by Gasteiger charge is 2.48. The van der Waals surface area contributed by atoms with Crippen molar-refractivity contribution in [3.8, 4) is 5.75 Å². The molecule has 3 unspecified atom stereocenters. The Balaban J connectivity index is 1.84. The first-order valence-electron chi connectivity index (χ1n) is 6.67. The monoisotopic (exact) mass is 277 g/mol. The van der Waals surface area contributed by atoms with Gasteiger partial charge in [-0.3, -0.25) is 9.59 Å². The molecule has 0 saturated heterocycles. The van der Waals surface area contributed by atoms with Crippen molar-refractivity contribution in [2.75, 3.05) is 7.11 Å². The topological polar surface area (TPSA) is 75.6 Å². The van der Waals surface area contributed by atoms with Crippen molar-refractivity contribution in [3.05, 3.63) is 29.8 Å². The molecule has 1 aromatic rings. The molecule has 2 rings (SSSR count). The molecule has 1 aliphatic carbocycles. The lowest BCUT2D eigenvalue weighted by Crippen LogP contribution is -2.35. The zero-order chi connectivity index (χ0) is 14.7. The van der Waals surface area contributed by atoms with E-state index in [0.29, 0.717) is 12.8 Å². The molecule has 1 aliphatic rings. The molecular formula is C15H19NO4. The minimum atomic E-state index is -0.884. The number of methoxy groups -OCH3 is 1. The maximum atomic E-state index is 11.8. The van der Waals surface area contributed by atoms with Crippen LogP contribution < -0.4 is 10.1 Å². The maximum Gasteiger partial charge on any atom is 0.307 e. The number of carboxylic acids is 1. The van der Waals surface area contributed by atoms with Gasteiger partial charge in [0.15, 0.2) is 0 Å². The summed E-state index contributed by atoms with van der Waals surface area (Å²) in [4.78, 5) is 22.6. The van der Waals surface area contributed by atoms with Crippen molar-refractivity contribution in [1.29, 1.82) is 0 Å². The normalized spacial score (nSPS) is 21.9. The number of carbonyl (C=O) groups excluding carboxylic acids is 1. The fourth-order valence-corrected chi connectivity index (χ4v) is 2.31. The Morgan fingerprint density at radius 2 is 2.20 bits per heavy atom. The van der Waals surface area contributed by atoms with Gasteiger partial charge < -0.3 is 15.2 Å². The number of amides is 1. The van der Waals surface area contributed by atoms with Crippen LogP contribution in [-0.2, 0) is 16.0 Å². The third-order valence-electron chi connectivity index (χ3n) is 3.51. The number of rotatable bonds is 6. The Morgan fingerprint density at radius 3 is 2.80 bits per heavy atom. The van der Waals surface area contributed by atoms with Crippen LogP contribution in [0.2, 0.25) is 0 Å². The Labute approximate surface area is 117 Å². The van der Waals surface area contributed by atoms with Gasteiger partial charge in [-0.05, 0) is 37.5 Å². The van der Waals surface area contributed by atoms with E-state index < -0.39 is 11.9 Å². The van der Waals surface area contributed by atoms with Gasteiger partial charge in [0.1, 0.15) is 5.75 Å². The number of carboxylic acid groups (broad SMARTS) is 1. The quantitative estimate of drug-likeness (QED) is 0.825. The molecule has 5 nitrogen and oxygen atoms in total. The molecule has 1 aromatic carbocycles. The van der Waals surface area contributed by atoms with Crippen LogP contribution in [0.1, 0.15) is 18.9 Å². The SMILES string of the molecule is COc1cccc(CC(C)NC(=O)C2CC2C(=O)O)c1. The number of carbonyl (C=O) groups is 2. The molecule has 20 heavy (non-hydrogen) atoms. The number of hydrogen-bond donors (Lipinski definition) is 2. The van der Waals surface area contributed by atoms with Crippen LogP contribution in [0.4, 0.5) is 0 Å². The van der Waals surface area contributed by atoms with E-state index in [9.17, 15) is 9.59 Å². The first-order chi connectivity index (χ1) is 9.51. The first-order valence-corrected chi connectivity index (χ1v) is 6.67. The minimum Gasteiger partial charge on any atom is -0.497 e. The number of aliphatic carboxylic acids is 1. The number of hydrogen-bond acceptors (Lipinski definition) is 3. The standard InChI is InChI=1S/C15H19NO4/c1-9(6-10-4-3-5-11(7-10)20-2)16-14(17)12-8-13(12)15(18)19/h3-5,7,9,12-13H,6,8H2,1-2H3,(H,16,17)(H,18,19). The molecule has 108 valence electrons. The zero-order valence-corrected chi connectivity index (χ0v) is 11.6. The van der Waals surface area contributed by atoms with E-state index in [1.165, 1.54) is 0 Å². The van der Waals surface area contributed by atoms with Gasteiger partial charge >= 0.3 is 5.97 Å². The van der Waals surface area contributed by atoms with Gasteiger partial charge in [0, 0.05) is 6.04 Å². The molecule has 0 spiro atoms. The van der Waals surface area contributed by atoms with E-state index >= 15 is 0 Å². The summed E-state index contributed by atoms with van der Waals surface area (Å²) in [5.41, 5.74) is 1.07. The third-order valence-corrected chi connectivity index (χ3v) is 3.51. The van der Waals surface area contributed by atoms with Crippen molar-refractivity contribution in [2.24, 2.45) is 11.8 Å². The Hall–Kier alpha value is -2.04. The van der Waals surface area contributed by atoms with Crippen molar-refractivity contribution < 1.29 is 19.4 Å². The predicted molar refractivity (Wildman–Crippen MR) is 73.5 cm³/mol. The highest BCUT2D eigenvalue weighted by atomic mass is 16.5. The Morgan fingerprint density at radius 1 is 1.45 bits per heavy atom. The molecule has 0 heterocycles. The molecule has 2 N–H and O–H groups in total. The largest absolute Gasteiger partial charge is 0.497 e. The van der Waals surface area contributed by atoms with Crippen LogP contribution in [0.5, 0.6) is 5.75 Å². The fourth-order valence-electron chi connectivity index (χ4n) is 2.31. The minimum absolute atomic E-state index is 0.0374. The van der Waals surface area contributed by atoms with Crippen molar-refractivity contribution in [2.45, 2.75) is 25.8 Å². The Bertz CT molecular complexity index is 514. The lowest BCUT2D eigenvalue weighted by Gasteiger charge is -2.14. The van der Waals surface area contributed by atoms with Crippen LogP contribution in [0, 0.1) is 11.8 Å². The van der Waals surface area contributed by atoms with Gasteiger partial charge in [0.05, 0.1) is 18.9 Å². The smallest absolute Gasteiger partial charge is 0.307 e. The van der Waals surface area contributed by atoms with Gasteiger partial charge in [-0.25, -0.2) is 0 Å². The maximum absolute atomic E-state index is 11.8. The van der Waals surface area contributed by atoms with Crippen LogP contribution in [0.25, 0.3) is 0 Å². The lowest BCUT2D eigenvalue weighted by atomic mass is 10.1. The zero-order valence-electron chi connectivity index (χ0n) is 11.6. The highest BCUT2D eigenvalue weighted by molar-refractivity contribution is 5.89. The summed E-state index contributed by atoms with van der Waals surface area (Å²) in [5, 5.41) is 11.7. The molecule has 5 heteroatoms. The van der Waals surface area contributed by atoms with Crippen molar-refractivity contribution in [1.82, 2.24) is 5.32 Å². The molecule has 1 fully saturated rings. The van der Waals surface area contributed by atoms with E-state index in [4.69, 9.17) is 9.84 Å². The van der Waals surface area contributed by atoms with Gasteiger partial charge in [-0.2, -0.15) is 0 Å². The van der Waals surface area contributed by atoms with Gasteiger partial charge in [0.25, 0.3) is 0 Å². The summed E-state index contributed by atoms with van der Waals surface area (Å²) in [7, 11) is 1.61. The molecule has 3 atom stereocenters. The van der Waals surface area contributed by atoms with Crippen LogP contribution in [0.15, 0.2) is 24.3 Å². The van der Waals surface area contributed by atoms with Crippen LogP contribution in [0.3, 0.4) is 0 Å². The average Bonchev–Trinajstić information content (AvgIpc) is 3.19. The van der Waals surface area contributed by atoms with Gasteiger partial charge in [-0.15, -0.1) is 0 Å². The van der Waals surface area contributed by atoms with Gasteiger partial charge in [0.2, 0.25) is 5.91 Å². The third kappa shape index (κ3) is 3.50. The van der Waals surface area contributed by atoms with E-state index in [1.54, 1.807) is 7.11 Å². The fraction of sp³-hybridized carbons (Fsp3) is 0.467. The number of nitrogens with one attached hydrogen (secondary N) is 1. The predicted octanol–water partition coefficient (Wildman–Crippen LogP) is 1.46. The number of ether oxygens (including phenoxy) is 1. The van der Waals surface area contributed by atoms with Crippen molar-refractivity contribution in [3.63, 3.8) is 0 Å². The summed E-state index contributed by atoms with van der Waals surface area (Å²) in [6.45, 7) is 1.91. The Kier molecular flexibility index (Phi) is 4.27. The van der Waals surface area contributed by atoms with E-state index in [2.05, 4.69) is 5.32 Å². The molecule has 1 saturated carbocycles. The summed E-state index contributed by atoms with van der Waals surface area (Å²) in [6.07, 6.45) is 1.14. The van der Waals surface area contributed by atoms with Crippen LogP contribution in [-0.4, -0.2) is 30.1 Å². The molecule has 0 bridgehead atoms. The second-order valence-corrected chi connectivity index (χ2v) is 5.25. The molecular weight excluding hydrogens is 258 g/mol. The van der Waals surface area contributed by atoms with Crippen LogP contribution >= 0.6 is 0 Å². The van der Waals surface area contributed by atoms with E-state index in [0.717, 1.165) is 11.3 Å². The first kappa shape index (κ1) is 14.4. The second kappa shape index (κ2) is 5.94. The average molecular weight is 277 g/mol. The van der Waals surface area contributed by atoms with Gasteiger partial charge in [-0.1, -0.05) is 12.1 Å². The summed E-state index contributed by atoms with van der Waals surface area (Å²) >= 11 is 0. The molecule has 0 radical (unpaired) electrons. The molecule has 1 amide bonds. The van der Waals surface area contributed by atoms with E-state index in [-0.39, 0.29) is 17.9 Å². The van der Waals surface area contributed by atoms with Crippen molar-refractivity contribution >= 4 is 11.9 Å². The molecule has 0 aromatic heterocycles. The van der Waals surface area contributed by atoms with E-state index in [1.807, 2.05) is 31.2 Å².